The van der Waals surface area contributed by atoms with Crippen LogP contribution in [0.3, 0.4) is 0 Å². The Morgan fingerprint density at radius 2 is 1.74 bits per heavy atom. The summed E-state index contributed by atoms with van der Waals surface area (Å²) in [5.74, 6) is -0.777. The number of hydrogen-bond acceptors (Lipinski definition) is 5. The molecule has 0 aliphatic carbocycles. The van der Waals surface area contributed by atoms with E-state index >= 15 is 0 Å². The molecule has 8 heteroatoms. The van der Waals surface area contributed by atoms with Crippen LogP contribution in [0.15, 0.2) is 42.5 Å². The molecule has 0 aromatic heterocycles. The van der Waals surface area contributed by atoms with Gasteiger partial charge in [0.2, 0.25) is 0 Å². The summed E-state index contributed by atoms with van der Waals surface area (Å²) in [5.41, 5.74) is 0.496. The van der Waals surface area contributed by atoms with Gasteiger partial charge in [-0.3, -0.25) is 9.59 Å². The quantitative estimate of drug-likeness (QED) is 0.698. The Bertz CT molecular complexity index is 793. The van der Waals surface area contributed by atoms with Gasteiger partial charge in [-0.15, -0.1) is 0 Å². The number of hydrogen-bond donors (Lipinski definition) is 2. The van der Waals surface area contributed by atoms with Gasteiger partial charge in [0.05, 0.1) is 26.7 Å². The molecule has 1 amide bonds. The molecular formula is C19H20FNO6. The van der Waals surface area contributed by atoms with Crippen molar-refractivity contribution in [1.82, 2.24) is 5.32 Å². The van der Waals surface area contributed by atoms with Crippen molar-refractivity contribution in [3.63, 3.8) is 0 Å². The number of rotatable bonds is 9. The van der Waals surface area contributed by atoms with E-state index in [9.17, 15) is 19.1 Å². The summed E-state index contributed by atoms with van der Waals surface area (Å²) >= 11 is 0. The van der Waals surface area contributed by atoms with Crippen molar-refractivity contribution in [2.24, 2.45) is 0 Å². The molecule has 2 aromatic carbocycles. The minimum atomic E-state index is -1.09. The summed E-state index contributed by atoms with van der Waals surface area (Å²) in [6.45, 7) is -0.347. The number of amides is 1. The molecule has 0 radical (unpaired) electrons. The summed E-state index contributed by atoms with van der Waals surface area (Å²) in [6, 6.07) is 9.26. The number of ether oxygens (including phenoxy) is 3. The number of benzene rings is 2. The molecule has 0 aliphatic rings. The zero-order chi connectivity index (χ0) is 19.8. The lowest BCUT2D eigenvalue weighted by molar-refractivity contribution is -0.137. The normalized spacial score (nSPS) is 11.4. The van der Waals surface area contributed by atoms with Crippen LogP contribution in [0.2, 0.25) is 0 Å². The van der Waals surface area contributed by atoms with Crippen LogP contribution in [0.1, 0.15) is 18.0 Å². The van der Waals surface area contributed by atoms with Gasteiger partial charge in [-0.25, -0.2) is 4.39 Å². The van der Waals surface area contributed by atoms with Gasteiger partial charge in [-0.2, -0.15) is 0 Å². The molecule has 1 unspecified atom stereocenters. The Balaban J connectivity index is 2.10. The third-order valence-corrected chi connectivity index (χ3v) is 3.71. The second-order valence-electron chi connectivity index (χ2n) is 5.57. The molecular weight excluding hydrogens is 357 g/mol. The van der Waals surface area contributed by atoms with Crippen molar-refractivity contribution in [3.8, 4) is 17.2 Å². The van der Waals surface area contributed by atoms with Crippen LogP contribution in [-0.2, 0) is 9.59 Å². The second-order valence-corrected chi connectivity index (χ2v) is 5.57. The Kier molecular flexibility index (Phi) is 6.99. The van der Waals surface area contributed by atoms with E-state index in [4.69, 9.17) is 14.2 Å². The highest BCUT2D eigenvalue weighted by molar-refractivity contribution is 5.79. The second kappa shape index (κ2) is 9.42. The molecule has 1 atom stereocenters. The van der Waals surface area contributed by atoms with Crippen LogP contribution in [0.5, 0.6) is 17.2 Å². The lowest BCUT2D eigenvalue weighted by atomic mass is 10.0. The number of carbonyl (C=O) groups excluding carboxylic acids is 1. The first-order chi connectivity index (χ1) is 12.9. The van der Waals surface area contributed by atoms with Gasteiger partial charge >= 0.3 is 5.97 Å². The maximum Gasteiger partial charge on any atom is 0.305 e. The highest BCUT2D eigenvalue weighted by atomic mass is 19.1. The Hall–Kier alpha value is -3.29. The zero-order valence-electron chi connectivity index (χ0n) is 14.9. The van der Waals surface area contributed by atoms with Gasteiger partial charge < -0.3 is 24.6 Å². The van der Waals surface area contributed by atoms with Gasteiger partial charge in [-0.05, 0) is 36.4 Å². The molecule has 0 spiro atoms. The molecule has 2 N–H and O–H groups in total. The monoisotopic (exact) mass is 377 g/mol. The number of carboxylic acids is 1. The van der Waals surface area contributed by atoms with E-state index in [1.54, 1.807) is 18.2 Å². The minimum Gasteiger partial charge on any atom is -0.497 e. The van der Waals surface area contributed by atoms with Crippen LogP contribution >= 0.6 is 0 Å². The molecule has 0 heterocycles. The number of carbonyl (C=O) groups is 2. The summed E-state index contributed by atoms with van der Waals surface area (Å²) < 4.78 is 28.6. The van der Waals surface area contributed by atoms with Crippen molar-refractivity contribution in [2.75, 3.05) is 20.8 Å². The Morgan fingerprint density at radius 1 is 1.07 bits per heavy atom. The highest BCUT2D eigenvalue weighted by Crippen LogP contribution is 2.31. The molecule has 27 heavy (non-hydrogen) atoms. The Labute approximate surface area is 155 Å². The van der Waals surface area contributed by atoms with Crippen LogP contribution in [0.4, 0.5) is 4.39 Å². The fraction of sp³-hybridized carbons (Fsp3) is 0.263. The van der Waals surface area contributed by atoms with Gasteiger partial charge in [0, 0.05) is 11.6 Å². The summed E-state index contributed by atoms with van der Waals surface area (Å²) in [5, 5.41) is 11.8. The van der Waals surface area contributed by atoms with Crippen LogP contribution in [0, 0.1) is 5.82 Å². The third kappa shape index (κ3) is 5.88. The predicted octanol–water partition coefficient (Wildman–Crippen LogP) is 2.55. The first-order valence-corrected chi connectivity index (χ1v) is 8.04. The third-order valence-electron chi connectivity index (χ3n) is 3.71. The molecule has 0 fully saturated rings. The van der Waals surface area contributed by atoms with E-state index in [1.807, 2.05) is 0 Å². The van der Waals surface area contributed by atoms with E-state index in [1.165, 1.54) is 38.5 Å². The van der Waals surface area contributed by atoms with Crippen LogP contribution in [-0.4, -0.2) is 37.8 Å². The van der Waals surface area contributed by atoms with E-state index in [0.29, 0.717) is 22.8 Å². The van der Waals surface area contributed by atoms with Crippen LogP contribution in [0.25, 0.3) is 0 Å². The number of methoxy groups -OCH3 is 2. The maximum absolute atomic E-state index is 12.9. The standard InChI is InChI=1S/C19H20FNO6/c1-25-14-7-8-15(17(9-14)26-2)16(10-19(23)24)21-18(22)11-27-13-5-3-12(20)4-6-13/h3-9,16H,10-11H2,1-2H3,(H,21,22)(H,23,24). The average Bonchev–Trinajstić information content (AvgIpc) is 2.66. The van der Waals surface area contributed by atoms with Crippen molar-refractivity contribution in [3.05, 3.63) is 53.8 Å². The fourth-order valence-corrected chi connectivity index (χ4v) is 2.44. The smallest absolute Gasteiger partial charge is 0.305 e. The molecule has 0 saturated carbocycles. The van der Waals surface area contributed by atoms with E-state index in [0.717, 1.165) is 0 Å². The average molecular weight is 377 g/mol. The van der Waals surface area contributed by atoms with E-state index in [2.05, 4.69) is 5.32 Å². The van der Waals surface area contributed by atoms with Crippen molar-refractivity contribution < 1.29 is 33.3 Å². The SMILES string of the molecule is COc1ccc(C(CC(=O)O)NC(=O)COc2ccc(F)cc2)c(OC)c1. The first kappa shape index (κ1) is 20.0. The molecule has 7 nitrogen and oxygen atoms in total. The number of aliphatic carboxylic acids is 1. The van der Waals surface area contributed by atoms with Gasteiger partial charge in [-0.1, -0.05) is 0 Å². The predicted molar refractivity (Wildman–Crippen MR) is 94.6 cm³/mol. The number of carboxylic acid groups (broad SMARTS) is 1. The molecule has 0 bridgehead atoms. The molecule has 2 rings (SSSR count). The minimum absolute atomic E-state index is 0.323. The first-order valence-electron chi connectivity index (χ1n) is 8.04. The molecule has 144 valence electrons. The molecule has 0 aliphatic heterocycles. The van der Waals surface area contributed by atoms with E-state index < -0.39 is 23.7 Å². The summed E-state index contributed by atoms with van der Waals surface area (Å²) in [4.78, 5) is 23.4. The van der Waals surface area contributed by atoms with Crippen molar-refractivity contribution in [1.29, 1.82) is 0 Å². The van der Waals surface area contributed by atoms with Gasteiger partial charge in [0.25, 0.3) is 5.91 Å². The lowest BCUT2D eigenvalue weighted by Crippen LogP contribution is -2.34. The fourth-order valence-electron chi connectivity index (χ4n) is 2.44. The van der Waals surface area contributed by atoms with Crippen molar-refractivity contribution in [2.45, 2.75) is 12.5 Å². The molecule has 0 saturated heterocycles. The largest absolute Gasteiger partial charge is 0.497 e. The van der Waals surface area contributed by atoms with Gasteiger partial charge in [0.1, 0.15) is 23.1 Å². The topological polar surface area (TPSA) is 94.1 Å². The lowest BCUT2D eigenvalue weighted by Gasteiger charge is -2.20. The summed E-state index contributed by atoms with van der Waals surface area (Å²) in [6.07, 6.45) is -0.342. The number of halogens is 1. The highest BCUT2D eigenvalue weighted by Gasteiger charge is 2.22. The van der Waals surface area contributed by atoms with Crippen LogP contribution < -0.4 is 19.5 Å². The van der Waals surface area contributed by atoms with Gasteiger partial charge in [0.15, 0.2) is 6.61 Å². The van der Waals surface area contributed by atoms with E-state index in [-0.39, 0.29) is 13.0 Å². The zero-order valence-corrected chi connectivity index (χ0v) is 14.9. The maximum atomic E-state index is 12.9. The number of nitrogens with one attached hydrogen (secondary N) is 1. The summed E-state index contributed by atoms with van der Waals surface area (Å²) in [7, 11) is 2.94. The molecule has 2 aromatic rings. The Morgan fingerprint density at radius 3 is 2.33 bits per heavy atom. The van der Waals surface area contributed by atoms with Crippen molar-refractivity contribution >= 4 is 11.9 Å².